The van der Waals surface area contributed by atoms with E-state index in [0.29, 0.717) is 6.04 Å². The van der Waals surface area contributed by atoms with Gasteiger partial charge < -0.3 is 9.47 Å². The van der Waals surface area contributed by atoms with Crippen LogP contribution < -0.4 is 4.90 Å². The van der Waals surface area contributed by atoms with E-state index in [9.17, 15) is 0 Å². The fourth-order valence-electron chi connectivity index (χ4n) is 3.11. The fraction of sp³-hybridized carbons (Fsp3) is 0.294. The third-order valence-electron chi connectivity index (χ3n) is 4.32. The number of fused-ring (bicyclic) bond motifs is 1. The highest BCUT2D eigenvalue weighted by Gasteiger charge is 2.21. The van der Waals surface area contributed by atoms with Gasteiger partial charge in [0.1, 0.15) is 5.82 Å². The van der Waals surface area contributed by atoms with Crippen molar-refractivity contribution in [2.75, 3.05) is 18.0 Å². The molecule has 0 aliphatic carbocycles. The standard InChI is InChI=1S/C17H18N4/c1-2-4-16-14(3-1)5-6-17(19-16)20-10-7-15(8-11-20)21-12-9-18-13-21/h1-6,9,12-13,15H,7-8,10-11H2. The zero-order valence-electron chi connectivity index (χ0n) is 11.9. The van der Waals surface area contributed by atoms with Crippen LogP contribution in [-0.4, -0.2) is 27.6 Å². The average Bonchev–Trinajstić information content (AvgIpc) is 3.09. The van der Waals surface area contributed by atoms with Crippen LogP contribution in [0.5, 0.6) is 0 Å². The van der Waals surface area contributed by atoms with Crippen molar-refractivity contribution >= 4 is 16.7 Å². The van der Waals surface area contributed by atoms with E-state index in [4.69, 9.17) is 4.98 Å². The van der Waals surface area contributed by atoms with Gasteiger partial charge in [-0.3, -0.25) is 0 Å². The zero-order chi connectivity index (χ0) is 14.1. The Labute approximate surface area is 124 Å². The van der Waals surface area contributed by atoms with Gasteiger partial charge in [-0.2, -0.15) is 0 Å². The number of rotatable bonds is 2. The maximum absolute atomic E-state index is 4.79. The highest BCUT2D eigenvalue weighted by molar-refractivity contribution is 5.80. The van der Waals surface area contributed by atoms with Gasteiger partial charge in [-0.15, -0.1) is 0 Å². The summed E-state index contributed by atoms with van der Waals surface area (Å²) in [6.45, 7) is 2.10. The monoisotopic (exact) mass is 278 g/mol. The maximum Gasteiger partial charge on any atom is 0.129 e. The lowest BCUT2D eigenvalue weighted by atomic mass is 10.0. The zero-order valence-corrected chi connectivity index (χ0v) is 11.9. The fourth-order valence-corrected chi connectivity index (χ4v) is 3.11. The molecule has 1 aliphatic heterocycles. The molecule has 0 radical (unpaired) electrons. The van der Waals surface area contributed by atoms with Crippen molar-refractivity contribution in [3.63, 3.8) is 0 Å². The van der Waals surface area contributed by atoms with E-state index in [0.717, 1.165) is 37.3 Å². The number of anilines is 1. The first-order chi connectivity index (χ1) is 10.4. The average molecular weight is 278 g/mol. The molecule has 0 N–H and O–H groups in total. The molecular formula is C17H18N4. The van der Waals surface area contributed by atoms with Gasteiger partial charge in [0.2, 0.25) is 0 Å². The predicted molar refractivity (Wildman–Crippen MR) is 84.5 cm³/mol. The van der Waals surface area contributed by atoms with E-state index in [1.54, 1.807) is 0 Å². The Morgan fingerprint density at radius 3 is 2.67 bits per heavy atom. The van der Waals surface area contributed by atoms with Gasteiger partial charge in [0, 0.05) is 36.9 Å². The smallest absolute Gasteiger partial charge is 0.129 e. The maximum atomic E-state index is 4.79. The van der Waals surface area contributed by atoms with Crippen LogP contribution in [0.2, 0.25) is 0 Å². The molecule has 21 heavy (non-hydrogen) atoms. The molecule has 0 bridgehead atoms. The van der Waals surface area contributed by atoms with Gasteiger partial charge in [-0.05, 0) is 31.0 Å². The number of pyridine rings is 1. The lowest BCUT2D eigenvalue weighted by Crippen LogP contribution is -2.34. The second-order valence-corrected chi connectivity index (χ2v) is 5.59. The summed E-state index contributed by atoms with van der Waals surface area (Å²) in [7, 11) is 0. The van der Waals surface area contributed by atoms with Crippen LogP contribution in [0.25, 0.3) is 10.9 Å². The van der Waals surface area contributed by atoms with Gasteiger partial charge in [0.05, 0.1) is 11.8 Å². The normalized spacial score (nSPS) is 16.5. The van der Waals surface area contributed by atoms with Crippen LogP contribution >= 0.6 is 0 Å². The van der Waals surface area contributed by atoms with Crippen molar-refractivity contribution in [3.8, 4) is 0 Å². The topological polar surface area (TPSA) is 34.0 Å². The first-order valence-electron chi connectivity index (χ1n) is 7.48. The predicted octanol–water partition coefficient (Wildman–Crippen LogP) is 3.27. The van der Waals surface area contributed by atoms with E-state index in [2.05, 4.69) is 51.0 Å². The van der Waals surface area contributed by atoms with Gasteiger partial charge in [0.15, 0.2) is 0 Å². The van der Waals surface area contributed by atoms with Crippen molar-refractivity contribution in [2.45, 2.75) is 18.9 Å². The second kappa shape index (κ2) is 5.20. The van der Waals surface area contributed by atoms with Crippen LogP contribution in [-0.2, 0) is 0 Å². The van der Waals surface area contributed by atoms with Crippen molar-refractivity contribution in [2.24, 2.45) is 0 Å². The molecule has 2 aromatic heterocycles. The summed E-state index contributed by atoms with van der Waals surface area (Å²) < 4.78 is 2.23. The molecule has 0 amide bonds. The molecule has 0 spiro atoms. The van der Waals surface area contributed by atoms with Crippen molar-refractivity contribution in [3.05, 3.63) is 55.1 Å². The number of hydrogen-bond donors (Lipinski definition) is 0. The Balaban J connectivity index is 1.52. The Bertz CT molecular complexity index is 727. The highest BCUT2D eigenvalue weighted by atomic mass is 15.2. The van der Waals surface area contributed by atoms with E-state index in [-0.39, 0.29) is 0 Å². The molecule has 1 aliphatic rings. The van der Waals surface area contributed by atoms with Crippen LogP contribution in [0, 0.1) is 0 Å². The minimum absolute atomic E-state index is 0.573. The number of hydrogen-bond acceptors (Lipinski definition) is 3. The Morgan fingerprint density at radius 2 is 1.86 bits per heavy atom. The molecule has 0 saturated carbocycles. The quantitative estimate of drug-likeness (QED) is 0.721. The first-order valence-corrected chi connectivity index (χ1v) is 7.48. The molecule has 4 heteroatoms. The van der Waals surface area contributed by atoms with Gasteiger partial charge >= 0.3 is 0 Å². The Kier molecular flexibility index (Phi) is 3.07. The van der Waals surface area contributed by atoms with E-state index in [1.165, 1.54) is 5.39 Å². The van der Waals surface area contributed by atoms with Crippen molar-refractivity contribution in [1.29, 1.82) is 0 Å². The summed E-state index contributed by atoms with van der Waals surface area (Å²) in [4.78, 5) is 11.3. The summed E-state index contributed by atoms with van der Waals surface area (Å²) in [6, 6.07) is 13.2. The molecule has 3 aromatic rings. The molecule has 106 valence electrons. The van der Waals surface area contributed by atoms with Crippen LogP contribution in [0.4, 0.5) is 5.82 Å². The minimum atomic E-state index is 0.573. The van der Waals surface area contributed by atoms with Crippen LogP contribution in [0.3, 0.4) is 0 Å². The van der Waals surface area contributed by atoms with E-state index >= 15 is 0 Å². The third-order valence-corrected chi connectivity index (χ3v) is 4.32. The van der Waals surface area contributed by atoms with Crippen LogP contribution in [0.15, 0.2) is 55.1 Å². The van der Waals surface area contributed by atoms with Crippen molar-refractivity contribution < 1.29 is 0 Å². The second-order valence-electron chi connectivity index (χ2n) is 5.59. The summed E-state index contributed by atoms with van der Waals surface area (Å²) >= 11 is 0. The summed E-state index contributed by atoms with van der Waals surface area (Å²) in [6.07, 6.45) is 8.14. The molecule has 1 aromatic carbocycles. The number of benzene rings is 1. The first kappa shape index (κ1) is 12.4. The SMILES string of the molecule is c1ccc2nc(N3CCC(n4ccnc4)CC3)ccc2c1. The molecule has 4 rings (SSSR count). The molecule has 0 atom stereocenters. The van der Waals surface area contributed by atoms with Gasteiger partial charge in [-0.1, -0.05) is 18.2 Å². The molecule has 1 saturated heterocycles. The highest BCUT2D eigenvalue weighted by Crippen LogP contribution is 2.26. The molecule has 3 heterocycles. The molecule has 1 fully saturated rings. The summed E-state index contributed by atoms with van der Waals surface area (Å²) in [5.74, 6) is 1.10. The van der Waals surface area contributed by atoms with Crippen LogP contribution in [0.1, 0.15) is 18.9 Å². The Morgan fingerprint density at radius 1 is 1.00 bits per heavy atom. The lowest BCUT2D eigenvalue weighted by molar-refractivity contribution is 0.395. The lowest BCUT2D eigenvalue weighted by Gasteiger charge is -2.33. The largest absolute Gasteiger partial charge is 0.356 e. The number of piperidine rings is 1. The third kappa shape index (κ3) is 2.37. The van der Waals surface area contributed by atoms with E-state index in [1.807, 2.05) is 18.6 Å². The minimum Gasteiger partial charge on any atom is -0.356 e. The Hall–Kier alpha value is -2.36. The molecule has 0 unspecified atom stereocenters. The molecule has 4 nitrogen and oxygen atoms in total. The molecular weight excluding hydrogens is 260 g/mol. The summed E-state index contributed by atoms with van der Waals surface area (Å²) in [5.41, 5.74) is 1.08. The van der Waals surface area contributed by atoms with Gasteiger partial charge in [-0.25, -0.2) is 9.97 Å². The number of imidazole rings is 1. The van der Waals surface area contributed by atoms with Gasteiger partial charge in [0.25, 0.3) is 0 Å². The van der Waals surface area contributed by atoms with Crippen molar-refractivity contribution in [1.82, 2.24) is 14.5 Å². The summed E-state index contributed by atoms with van der Waals surface area (Å²) in [5, 5.41) is 1.20. The number of nitrogens with zero attached hydrogens (tertiary/aromatic N) is 4. The van der Waals surface area contributed by atoms with E-state index < -0.39 is 0 Å². The number of para-hydroxylation sites is 1. The number of aromatic nitrogens is 3.